The number of aromatic nitrogens is 2. The summed E-state index contributed by atoms with van der Waals surface area (Å²) < 4.78 is 7.06. The van der Waals surface area contributed by atoms with E-state index in [0.29, 0.717) is 11.5 Å². The van der Waals surface area contributed by atoms with Crippen molar-refractivity contribution in [2.24, 2.45) is 7.05 Å². The highest BCUT2D eigenvalue weighted by molar-refractivity contribution is 5.98. The number of carbonyl (C=O) groups is 1. The molecule has 0 bridgehead atoms. The lowest BCUT2D eigenvalue weighted by Gasteiger charge is -2.13. The molecule has 128 valence electrons. The zero-order valence-corrected chi connectivity index (χ0v) is 14.7. The number of esters is 1. The van der Waals surface area contributed by atoms with Crippen LogP contribution in [0.2, 0.25) is 0 Å². The van der Waals surface area contributed by atoms with Gasteiger partial charge in [-0.25, -0.2) is 4.79 Å². The van der Waals surface area contributed by atoms with E-state index in [-0.39, 0.29) is 5.97 Å². The van der Waals surface area contributed by atoms with Crippen molar-refractivity contribution in [3.8, 4) is 11.4 Å². The van der Waals surface area contributed by atoms with Crippen LogP contribution in [0.25, 0.3) is 22.3 Å². The fourth-order valence-corrected chi connectivity index (χ4v) is 4.15. The summed E-state index contributed by atoms with van der Waals surface area (Å²) in [6.45, 7) is 0. The second-order valence-electron chi connectivity index (χ2n) is 6.74. The van der Waals surface area contributed by atoms with Crippen molar-refractivity contribution in [2.45, 2.75) is 31.6 Å². The summed E-state index contributed by atoms with van der Waals surface area (Å²) in [6.07, 6.45) is 6.84. The number of hydrogen-bond acceptors (Lipinski definition) is 3. The summed E-state index contributed by atoms with van der Waals surface area (Å²) in [5.41, 5.74) is 5.18. The Morgan fingerprint density at radius 1 is 1.20 bits per heavy atom. The molecule has 2 heterocycles. The second-order valence-corrected chi connectivity index (χ2v) is 6.74. The first-order valence-corrected chi connectivity index (χ1v) is 8.82. The van der Waals surface area contributed by atoms with Crippen LogP contribution in [0.4, 0.5) is 0 Å². The van der Waals surface area contributed by atoms with Crippen molar-refractivity contribution in [1.82, 2.24) is 9.55 Å². The summed E-state index contributed by atoms with van der Waals surface area (Å²) in [4.78, 5) is 16.5. The van der Waals surface area contributed by atoms with E-state index in [2.05, 4.69) is 28.7 Å². The lowest BCUT2D eigenvalue weighted by molar-refractivity contribution is 0.0601. The molecule has 0 radical (unpaired) electrons. The number of benzene rings is 1. The molecule has 25 heavy (non-hydrogen) atoms. The van der Waals surface area contributed by atoms with Crippen LogP contribution >= 0.6 is 0 Å². The first-order chi connectivity index (χ1) is 12.2. The highest BCUT2D eigenvalue weighted by Gasteiger charge is 2.27. The highest BCUT2D eigenvalue weighted by atomic mass is 16.5. The van der Waals surface area contributed by atoms with Crippen molar-refractivity contribution in [3.05, 3.63) is 53.7 Å². The van der Waals surface area contributed by atoms with E-state index >= 15 is 0 Å². The molecule has 1 fully saturated rings. The summed E-state index contributed by atoms with van der Waals surface area (Å²) >= 11 is 0. The molecule has 3 aromatic rings. The summed E-state index contributed by atoms with van der Waals surface area (Å²) in [7, 11) is 3.48. The number of hydrogen-bond donors (Lipinski definition) is 0. The van der Waals surface area contributed by atoms with E-state index < -0.39 is 0 Å². The Hall–Kier alpha value is -2.62. The van der Waals surface area contributed by atoms with Gasteiger partial charge in [0.15, 0.2) is 0 Å². The maximum atomic E-state index is 11.9. The van der Waals surface area contributed by atoms with Crippen LogP contribution in [0.5, 0.6) is 0 Å². The van der Waals surface area contributed by atoms with E-state index in [1.807, 2.05) is 30.5 Å². The number of pyridine rings is 1. The van der Waals surface area contributed by atoms with Crippen molar-refractivity contribution in [1.29, 1.82) is 0 Å². The van der Waals surface area contributed by atoms with Crippen LogP contribution in [0, 0.1) is 0 Å². The van der Waals surface area contributed by atoms with Gasteiger partial charge in [0.05, 0.1) is 24.1 Å². The molecule has 4 nitrogen and oxygen atoms in total. The van der Waals surface area contributed by atoms with Crippen LogP contribution in [-0.4, -0.2) is 22.6 Å². The molecule has 0 amide bonds. The van der Waals surface area contributed by atoms with Gasteiger partial charge in [0.2, 0.25) is 0 Å². The van der Waals surface area contributed by atoms with Crippen LogP contribution in [-0.2, 0) is 11.8 Å². The topological polar surface area (TPSA) is 44.1 Å². The molecule has 4 heteroatoms. The smallest absolute Gasteiger partial charge is 0.337 e. The van der Waals surface area contributed by atoms with Crippen molar-refractivity contribution in [3.63, 3.8) is 0 Å². The van der Waals surface area contributed by atoms with Crippen LogP contribution in [0.1, 0.15) is 47.5 Å². The molecular weight excluding hydrogens is 312 g/mol. The maximum Gasteiger partial charge on any atom is 0.337 e. The Bertz CT molecular complexity index is 922. The van der Waals surface area contributed by atoms with Gasteiger partial charge in [0, 0.05) is 24.1 Å². The standard InChI is InChI=1S/C21H22N2O2/c1-23-18-13-15(21(24)25-2)10-11-16(18)19(14-7-3-4-8-14)20(23)17-9-5-6-12-22-17/h5-6,9-14H,3-4,7-8H2,1-2H3. The summed E-state index contributed by atoms with van der Waals surface area (Å²) in [5, 5.41) is 1.22. The number of carbonyl (C=O) groups excluding carboxylic acids is 1. The summed E-state index contributed by atoms with van der Waals surface area (Å²) in [6, 6.07) is 11.9. The first-order valence-electron chi connectivity index (χ1n) is 8.82. The quantitative estimate of drug-likeness (QED) is 0.653. The summed E-state index contributed by atoms with van der Waals surface area (Å²) in [5.74, 6) is 0.259. The van der Waals surface area contributed by atoms with Gasteiger partial charge in [-0.1, -0.05) is 25.0 Å². The number of aryl methyl sites for hydroxylation is 1. The lowest BCUT2D eigenvalue weighted by Crippen LogP contribution is -2.01. The van der Waals surface area contributed by atoms with Gasteiger partial charge < -0.3 is 9.30 Å². The number of ether oxygens (including phenoxy) is 1. The fraction of sp³-hybridized carbons (Fsp3) is 0.333. The predicted octanol–water partition coefficient (Wildman–Crippen LogP) is 4.68. The second kappa shape index (κ2) is 6.36. The van der Waals surface area contributed by atoms with E-state index in [9.17, 15) is 4.79 Å². The van der Waals surface area contributed by atoms with Crippen molar-refractivity contribution in [2.75, 3.05) is 7.11 Å². The normalized spacial score (nSPS) is 15.0. The molecule has 1 aliphatic rings. The fourth-order valence-electron chi connectivity index (χ4n) is 4.15. The molecule has 0 N–H and O–H groups in total. The predicted molar refractivity (Wildman–Crippen MR) is 98.7 cm³/mol. The van der Waals surface area contributed by atoms with Crippen LogP contribution in [0.15, 0.2) is 42.6 Å². The molecule has 1 aliphatic carbocycles. The van der Waals surface area contributed by atoms with E-state index in [1.54, 1.807) is 0 Å². The maximum absolute atomic E-state index is 11.9. The van der Waals surface area contributed by atoms with Gasteiger partial charge in [0.1, 0.15) is 0 Å². The van der Waals surface area contributed by atoms with Crippen LogP contribution < -0.4 is 0 Å². The number of methoxy groups -OCH3 is 1. The Kier molecular flexibility index (Phi) is 4.04. The number of nitrogens with zero attached hydrogens (tertiary/aromatic N) is 2. The zero-order valence-electron chi connectivity index (χ0n) is 14.7. The number of fused-ring (bicyclic) bond motifs is 1. The molecule has 2 aromatic heterocycles. The van der Waals surface area contributed by atoms with Gasteiger partial charge in [-0.15, -0.1) is 0 Å². The third-order valence-electron chi connectivity index (χ3n) is 5.33. The highest BCUT2D eigenvalue weighted by Crippen LogP contribution is 2.44. The minimum Gasteiger partial charge on any atom is -0.465 e. The van der Waals surface area contributed by atoms with Gasteiger partial charge in [-0.2, -0.15) is 0 Å². The van der Waals surface area contributed by atoms with Gasteiger partial charge >= 0.3 is 5.97 Å². The average Bonchev–Trinajstić information content (AvgIpc) is 3.28. The molecule has 0 unspecified atom stereocenters. The Morgan fingerprint density at radius 2 is 2.00 bits per heavy atom. The van der Waals surface area contributed by atoms with E-state index in [4.69, 9.17) is 4.74 Å². The first kappa shape index (κ1) is 15.9. The molecule has 0 atom stereocenters. The largest absolute Gasteiger partial charge is 0.465 e. The molecule has 0 saturated heterocycles. The van der Waals surface area contributed by atoms with E-state index in [1.165, 1.54) is 49.4 Å². The molecule has 0 aliphatic heterocycles. The van der Waals surface area contributed by atoms with Gasteiger partial charge in [0.25, 0.3) is 0 Å². The third kappa shape index (κ3) is 2.62. The Labute approximate surface area is 147 Å². The monoisotopic (exact) mass is 334 g/mol. The SMILES string of the molecule is COC(=O)c1ccc2c(C3CCCC3)c(-c3ccccn3)n(C)c2c1. The minimum absolute atomic E-state index is 0.301. The van der Waals surface area contributed by atoms with E-state index in [0.717, 1.165) is 11.2 Å². The molecule has 4 rings (SSSR count). The Morgan fingerprint density at radius 3 is 2.68 bits per heavy atom. The number of rotatable bonds is 3. The molecule has 0 spiro atoms. The van der Waals surface area contributed by atoms with Crippen molar-refractivity contribution >= 4 is 16.9 Å². The average molecular weight is 334 g/mol. The molecule has 1 saturated carbocycles. The molecular formula is C21H22N2O2. The third-order valence-corrected chi connectivity index (χ3v) is 5.33. The molecule has 1 aromatic carbocycles. The van der Waals surface area contributed by atoms with Crippen LogP contribution in [0.3, 0.4) is 0 Å². The minimum atomic E-state index is -0.301. The van der Waals surface area contributed by atoms with Gasteiger partial charge in [-0.05, 0) is 48.6 Å². The Balaban J connectivity index is 1.99. The zero-order chi connectivity index (χ0) is 17.4. The van der Waals surface area contributed by atoms with Crippen molar-refractivity contribution < 1.29 is 9.53 Å². The lowest BCUT2D eigenvalue weighted by atomic mass is 9.93. The van der Waals surface area contributed by atoms with Gasteiger partial charge in [-0.3, -0.25) is 4.98 Å².